The summed E-state index contributed by atoms with van der Waals surface area (Å²) in [5.74, 6) is -0.918. The van der Waals surface area contributed by atoms with Gasteiger partial charge in [0.05, 0.1) is 0 Å². The molecule has 6 nitrogen and oxygen atoms in total. The lowest BCUT2D eigenvalue weighted by Gasteiger charge is -2.18. The molecule has 0 rings (SSSR count). The zero-order valence-electron chi connectivity index (χ0n) is 50.4. The molecule has 0 saturated carbocycles. The van der Waals surface area contributed by atoms with Crippen molar-refractivity contribution in [2.75, 3.05) is 13.2 Å². The monoisotopic (exact) mass is 1080 g/mol. The van der Waals surface area contributed by atoms with Crippen LogP contribution in [-0.2, 0) is 28.6 Å². The van der Waals surface area contributed by atoms with Crippen molar-refractivity contribution in [1.29, 1.82) is 0 Å². The van der Waals surface area contributed by atoms with E-state index in [-0.39, 0.29) is 31.1 Å². The van der Waals surface area contributed by atoms with Gasteiger partial charge in [-0.3, -0.25) is 14.4 Å². The summed E-state index contributed by atoms with van der Waals surface area (Å²) in [6.07, 6.45) is 92.9. The van der Waals surface area contributed by atoms with E-state index in [0.717, 1.165) is 154 Å². The molecule has 0 spiro atoms. The molecule has 0 heterocycles. The molecule has 0 amide bonds. The second-order valence-corrected chi connectivity index (χ2v) is 20.6. The molecule has 6 heteroatoms. The van der Waals surface area contributed by atoms with Crippen LogP contribution in [0.25, 0.3) is 0 Å². The molecule has 78 heavy (non-hydrogen) atoms. The Kier molecular flexibility index (Phi) is 60.9. The molecule has 0 radical (unpaired) electrons. The third-order valence-corrected chi connectivity index (χ3v) is 13.1. The number of carbonyl (C=O) groups excluding carboxylic acids is 3. The molecule has 440 valence electrons. The highest BCUT2D eigenvalue weighted by atomic mass is 16.6. The van der Waals surface area contributed by atoms with Gasteiger partial charge in [0, 0.05) is 19.3 Å². The lowest BCUT2D eigenvalue weighted by molar-refractivity contribution is -0.167. The highest BCUT2D eigenvalue weighted by molar-refractivity contribution is 5.71. The summed E-state index contributed by atoms with van der Waals surface area (Å²) in [6, 6.07) is 0. The molecule has 1 atom stereocenters. The number of rotatable bonds is 56. The van der Waals surface area contributed by atoms with E-state index in [4.69, 9.17) is 14.2 Å². The highest BCUT2D eigenvalue weighted by Crippen LogP contribution is 2.15. The Balaban J connectivity index is 4.22. The highest BCUT2D eigenvalue weighted by Gasteiger charge is 2.19. The maximum absolute atomic E-state index is 12.9. The Labute approximate surface area is 480 Å². The normalized spacial score (nSPS) is 13.1. The van der Waals surface area contributed by atoms with Gasteiger partial charge in [-0.15, -0.1) is 0 Å². The Hall–Kier alpha value is -4.71. The van der Waals surface area contributed by atoms with E-state index in [1.807, 2.05) is 0 Å². The van der Waals surface area contributed by atoms with Gasteiger partial charge < -0.3 is 14.2 Å². The molecule has 0 aromatic heterocycles. The average molecular weight is 1080 g/mol. The van der Waals surface area contributed by atoms with Gasteiger partial charge in [-0.25, -0.2) is 0 Å². The van der Waals surface area contributed by atoms with Crippen molar-refractivity contribution in [3.05, 3.63) is 146 Å². The number of carbonyl (C=O) groups is 3. The Morgan fingerprint density at radius 1 is 0.269 bits per heavy atom. The van der Waals surface area contributed by atoms with Crippen molar-refractivity contribution in [2.45, 2.75) is 277 Å². The molecular weight excluding hydrogens is 961 g/mol. The molecule has 0 N–H and O–H groups in total. The van der Waals surface area contributed by atoms with E-state index in [0.29, 0.717) is 19.3 Å². The molecule has 0 aromatic rings. The van der Waals surface area contributed by atoms with Crippen LogP contribution >= 0.6 is 0 Å². The molecule has 0 aliphatic heterocycles. The van der Waals surface area contributed by atoms with Crippen LogP contribution in [0.4, 0.5) is 0 Å². The van der Waals surface area contributed by atoms with Gasteiger partial charge in [0.15, 0.2) is 6.10 Å². The lowest BCUT2D eigenvalue weighted by atomic mass is 10.1. The molecule has 0 aliphatic carbocycles. The number of allylic oxidation sites excluding steroid dienone is 24. The fraction of sp³-hybridized carbons (Fsp3) is 0.625. The van der Waals surface area contributed by atoms with Crippen molar-refractivity contribution < 1.29 is 28.6 Å². The van der Waals surface area contributed by atoms with Gasteiger partial charge in [-0.2, -0.15) is 0 Å². The van der Waals surface area contributed by atoms with Crippen LogP contribution < -0.4 is 0 Å². The first kappa shape index (κ1) is 73.3. The Morgan fingerprint density at radius 3 is 0.782 bits per heavy atom. The number of unbranched alkanes of at least 4 members (excludes halogenated alkanes) is 21. The summed E-state index contributed by atoms with van der Waals surface area (Å²) < 4.78 is 16.8. The summed E-state index contributed by atoms with van der Waals surface area (Å²) in [6.45, 7) is 6.36. The predicted octanol–water partition coefficient (Wildman–Crippen LogP) is 21.9. The van der Waals surface area contributed by atoms with Gasteiger partial charge in [0.25, 0.3) is 0 Å². The van der Waals surface area contributed by atoms with Crippen molar-refractivity contribution in [3.63, 3.8) is 0 Å². The van der Waals surface area contributed by atoms with Crippen molar-refractivity contribution in [1.82, 2.24) is 0 Å². The molecule has 0 aromatic carbocycles. The van der Waals surface area contributed by atoms with Crippen molar-refractivity contribution in [2.24, 2.45) is 0 Å². The second kappa shape index (κ2) is 64.8. The standard InChI is InChI=1S/C72H116O6/c1-4-7-10-13-16-19-21-23-25-27-29-30-31-32-33-34-35-36-37-38-39-40-41-42-44-45-47-49-51-53-56-59-62-65-71(74)77-68-69(67-76-70(73)64-61-58-55-18-15-12-9-6-3)78-72(75)66-63-60-57-54-52-50-48-46-43-28-26-24-22-20-17-14-11-8-5-2/h7-8,10-11,16-17,19-20,23-26,29-30,32-33,35-36,38-39,41-43,46,69H,4-6,9,12-15,18,21-22,27-28,31,34,37,40,44-45,47-68H2,1-3H3/b10-7-,11-8-,19-16-,20-17-,25-23-,26-24-,30-29-,33-32-,36-35-,39-38-,42-41-,46-43-. The SMILES string of the molecule is CC/C=C\C/C=C\C/C=C\C/C=C\C/C=C\C/C=C\C/C=C\C/C=C\CCCCCCCCCCC(=O)OCC(COC(=O)CCCCCCCCCC)OC(=O)CCCCCCCC/C=C\C/C=C\C/C=C\C/C=C\CC. The van der Waals surface area contributed by atoms with Crippen molar-refractivity contribution >= 4 is 17.9 Å². The van der Waals surface area contributed by atoms with Gasteiger partial charge >= 0.3 is 17.9 Å². The fourth-order valence-corrected chi connectivity index (χ4v) is 8.39. The molecule has 0 bridgehead atoms. The van der Waals surface area contributed by atoms with Crippen LogP contribution in [0.1, 0.15) is 271 Å². The topological polar surface area (TPSA) is 78.9 Å². The number of hydrogen-bond acceptors (Lipinski definition) is 6. The van der Waals surface area contributed by atoms with Gasteiger partial charge in [0.2, 0.25) is 0 Å². The van der Waals surface area contributed by atoms with Gasteiger partial charge in [-0.1, -0.05) is 276 Å². The molecule has 0 fully saturated rings. The molecule has 0 aliphatic rings. The quantitative estimate of drug-likeness (QED) is 0.0261. The first-order valence-electron chi connectivity index (χ1n) is 31.8. The summed E-state index contributed by atoms with van der Waals surface area (Å²) in [7, 11) is 0. The second-order valence-electron chi connectivity index (χ2n) is 20.6. The molecule has 1 unspecified atom stereocenters. The minimum atomic E-state index is -0.792. The number of esters is 3. The zero-order valence-corrected chi connectivity index (χ0v) is 50.4. The van der Waals surface area contributed by atoms with Crippen LogP contribution in [0, 0.1) is 0 Å². The molecule has 0 saturated heterocycles. The average Bonchev–Trinajstić information content (AvgIpc) is 3.44. The maximum Gasteiger partial charge on any atom is 0.306 e. The third kappa shape index (κ3) is 62.1. The minimum Gasteiger partial charge on any atom is -0.462 e. The summed E-state index contributed by atoms with van der Waals surface area (Å²) >= 11 is 0. The Bertz CT molecular complexity index is 1710. The maximum atomic E-state index is 12.9. The van der Waals surface area contributed by atoms with E-state index in [1.54, 1.807) is 0 Å². The first-order valence-corrected chi connectivity index (χ1v) is 31.8. The van der Waals surface area contributed by atoms with Crippen LogP contribution in [0.15, 0.2) is 146 Å². The third-order valence-electron chi connectivity index (χ3n) is 13.1. The van der Waals surface area contributed by atoms with Crippen LogP contribution in [0.3, 0.4) is 0 Å². The minimum absolute atomic E-state index is 0.0892. The van der Waals surface area contributed by atoms with E-state index in [9.17, 15) is 14.4 Å². The van der Waals surface area contributed by atoms with Crippen LogP contribution in [-0.4, -0.2) is 37.2 Å². The fourth-order valence-electron chi connectivity index (χ4n) is 8.39. The lowest BCUT2D eigenvalue weighted by Crippen LogP contribution is -2.30. The smallest absolute Gasteiger partial charge is 0.306 e. The summed E-state index contributed by atoms with van der Waals surface area (Å²) in [4.78, 5) is 38.1. The van der Waals surface area contributed by atoms with Crippen LogP contribution in [0.5, 0.6) is 0 Å². The van der Waals surface area contributed by atoms with E-state index < -0.39 is 6.10 Å². The van der Waals surface area contributed by atoms with Gasteiger partial charge in [-0.05, 0) is 122 Å². The van der Waals surface area contributed by atoms with Crippen LogP contribution in [0.2, 0.25) is 0 Å². The van der Waals surface area contributed by atoms with Crippen molar-refractivity contribution in [3.8, 4) is 0 Å². The largest absolute Gasteiger partial charge is 0.462 e. The summed E-state index contributed by atoms with van der Waals surface area (Å²) in [5.41, 5.74) is 0. The first-order chi connectivity index (χ1) is 38.5. The zero-order chi connectivity index (χ0) is 56.4. The van der Waals surface area contributed by atoms with E-state index in [1.165, 1.54) is 77.0 Å². The molecular formula is C72H116O6. The van der Waals surface area contributed by atoms with Gasteiger partial charge in [0.1, 0.15) is 13.2 Å². The van der Waals surface area contributed by atoms with E-state index in [2.05, 4.69) is 167 Å². The van der Waals surface area contributed by atoms with E-state index >= 15 is 0 Å². The summed E-state index contributed by atoms with van der Waals surface area (Å²) in [5, 5.41) is 0. The number of ether oxygens (including phenoxy) is 3. The number of hydrogen-bond donors (Lipinski definition) is 0. The predicted molar refractivity (Wildman–Crippen MR) is 339 cm³/mol. The Morgan fingerprint density at radius 2 is 0.500 bits per heavy atom.